The van der Waals surface area contributed by atoms with Crippen LogP contribution < -0.4 is 0 Å². The number of aliphatic carboxylic acids is 3. The Balaban J connectivity index is -0.000000136. The molecular formula is C15H26O11. The van der Waals surface area contributed by atoms with Crippen molar-refractivity contribution in [2.45, 2.75) is 6.10 Å². The Labute approximate surface area is 150 Å². The maximum Gasteiger partial charge on any atom is 0.327 e. The molecule has 152 valence electrons. The lowest BCUT2D eigenvalue weighted by Gasteiger charge is -2.31. The van der Waals surface area contributed by atoms with E-state index in [-0.39, 0.29) is 0 Å². The number of hydrogen-bond donors (Lipinski definition) is 8. The fourth-order valence-electron chi connectivity index (χ4n) is 0.660. The maximum absolute atomic E-state index is 9.25. The van der Waals surface area contributed by atoms with E-state index in [1.807, 2.05) is 0 Å². The topological polar surface area (TPSA) is 213 Å². The van der Waals surface area contributed by atoms with Crippen molar-refractivity contribution < 1.29 is 55.2 Å². The van der Waals surface area contributed by atoms with Gasteiger partial charge in [0.05, 0.1) is 37.9 Å². The third-order valence-corrected chi connectivity index (χ3v) is 2.35. The van der Waals surface area contributed by atoms with Crippen LogP contribution in [0, 0.1) is 5.41 Å². The van der Waals surface area contributed by atoms with Gasteiger partial charge in [-0.1, -0.05) is 19.7 Å². The first-order valence-corrected chi connectivity index (χ1v) is 6.65. The van der Waals surface area contributed by atoms with E-state index in [9.17, 15) is 14.4 Å². The minimum Gasteiger partial charge on any atom is -0.478 e. The van der Waals surface area contributed by atoms with Crippen molar-refractivity contribution >= 4 is 17.9 Å². The molecule has 0 saturated carbocycles. The number of aliphatic hydroxyl groups excluding tert-OH is 5. The molecule has 0 aliphatic heterocycles. The van der Waals surface area contributed by atoms with Gasteiger partial charge >= 0.3 is 17.9 Å². The van der Waals surface area contributed by atoms with Crippen molar-refractivity contribution in [3.63, 3.8) is 0 Å². The van der Waals surface area contributed by atoms with Gasteiger partial charge in [0.2, 0.25) is 0 Å². The van der Waals surface area contributed by atoms with Gasteiger partial charge in [-0.3, -0.25) is 0 Å². The second-order valence-electron chi connectivity index (χ2n) is 4.16. The molecule has 0 saturated heterocycles. The van der Waals surface area contributed by atoms with Crippen molar-refractivity contribution in [2.24, 2.45) is 5.41 Å². The van der Waals surface area contributed by atoms with Gasteiger partial charge in [-0.25, -0.2) is 14.4 Å². The van der Waals surface area contributed by atoms with E-state index in [2.05, 4.69) is 19.7 Å². The smallest absolute Gasteiger partial charge is 0.327 e. The Morgan fingerprint density at radius 3 is 0.962 bits per heavy atom. The Bertz CT molecular complexity index is 376. The van der Waals surface area contributed by atoms with Gasteiger partial charge < -0.3 is 40.9 Å². The molecule has 0 amide bonds. The number of carbonyl (C=O) groups is 3. The van der Waals surface area contributed by atoms with Crippen LogP contribution in [0.25, 0.3) is 0 Å². The van der Waals surface area contributed by atoms with Gasteiger partial charge in [-0.05, 0) is 0 Å². The molecule has 1 unspecified atom stereocenters. The summed E-state index contributed by atoms with van der Waals surface area (Å²) in [5.41, 5.74) is -1.39. The Morgan fingerprint density at radius 1 is 0.731 bits per heavy atom. The van der Waals surface area contributed by atoms with Gasteiger partial charge in [0.15, 0.2) is 0 Å². The molecule has 11 heteroatoms. The summed E-state index contributed by atoms with van der Waals surface area (Å²) < 4.78 is 0. The number of carboxylic acids is 3. The molecule has 0 bridgehead atoms. The van der Waals surface area contributed by atoms with Crippen LogP contribution in [0.4, 0.5) is 0 Å². The van der Waals surface area contributed by atoms with E-state index < -0.39 is 55.9 Å². The predicted octanol–water partition coefficient (Wildman–Crippen LogP) is -1.93. The summed E-state index contributed by atoms with van der Waals surface area (Å²) in [6.45, 7) is 6.58. The molecule has 0 aliphatic rings. The Morgan fingerprint density at radius 2 is 0.923 bits per heavy atom. The molecule has 0 aromatic carbocycles. The monoisotopic (exact) mass is 382 g/mol. The van der Waals surface area contributed by atoms with E-state index >= 15 is 0 Å². The summed E-state index contributed by atoms with van der Waals surface area (Å²) in [4.78, 5) is 27.8. The van der Waals surface area contributed by atoms with Crippen molar-refractivity contribution in [3.05, 3.63) is 38.0 Å². The quantitative estimate of drug-likeness (QED) is 0.216. The highest BCUT2D eigenvalue weighted by Crippen LogP contribution is 2.19. The highest BCUT2D eigenvalue weighted by molar-refractivity contribution is 5.79. The normalized spacial score (nSPS) is 10.0. The zero-order valence-electron chi connectivity index (χ0n) is 14.1. The molecule has 0 aromatic heterocycles. The molecule has 26 heavy (non-hydrogen) atoms. The average molecular weight is 382 g/mol. The zero-order valence-corrected chi connectivity index (χ0v) is 14.1. The average Bonchev–Trinajstić information content (AvgIpc) is 2.64. The summed E-state index contributed by atoms with van der Waals surface area (Å²) in [6.07, 6.45) is 1.20. The summed E-state index contributed by atoms with van der Waals surface area (Å²) in [7, 11) is 0. The van der Waals surface area contributed by atoms with Crippen LogP contribution in [0.2, 0.25) is 0 Å². The van der Waals surface area contributed by atoms with Crippen LogP contribution in [0.1, 0.15) is 0 Å². The van der Waals surface area contributed by atoms with Crippen molar-refractivity contribution in [1.82, 2.24) is 0 Å². The summed E-state index contributed by atoms with van der Waals surface area (Å²) in [5, 5.41) is 66.4. The first-order chi connectivity index (χ1) is 12.0. The first-order valence-electron chi connectivity index (χ1n) is 6.65. The lowest BCUT2D eigenvalue weighted by atomic mass is 9.85. The first kappa shape index (κ1) is 31.2. The van der Waals surface area contributed by atoms with Crippen LogP contribution in [0.5, 0.6) is 0 Å². The van der Waals surface area contributed by atoms with E-state index in [0.717, 1.165) is 18.2 Å². The summed E-state index contributed by atoms with van der Waals surface area (Å²) in [5.74, 6) is -2.94. The summed E-state index contributed by atoms with van der Waals surface area (Å²) in [6, 6.07) is 0. The fourth-order valence-corrected chi connectivity index (χ4v) is 0.660. The van der Waals surface area contributed by atoms with E-state index in [1.54, 1.807) is 0 Å². The van der Waals surface area contributed by atoms with Gasteiger partial charge in [-0.15, -0.1) is 0 Å². The predicted molar refractivity (Wildman–Crippen MR) is 90.3 cm³/mol. The summed E-state index contributed by atoms with van der Waals surface area (Å²) >= 11 is 0. The molecule has 1 atom stereocenters. The van der Waals surface area contributed by atoms with Crippen molar-refractivity contribution in [1.29, 1.82) is 0 Å². The highest BCUT2D eigenvalue weighted by Gasteiger charge is 2.35. The zero-order chi connectivity index (χ0) is 21.8. The molecule has 0 heterocycles. The maximum atomic E-state index is 9.25. The van der Waals surface area contributed by atoms with Crippen LogP contribution in [-0.2, 0) is 14.4 Å². The van der Waals surface area contributed by atoms with Gasteiger partial charge in [0.25, 0.3) is 0 Å². The largest absolute Gasteiger partial charge is 0.478 e. The Hall–Kier alpha value is -2.57. The highest BCUT2D eigenvalue weighted by atomic mass is 16.4. The fraction of sp³-hybridized carbons (Fsp3) is 0.400. The molecule has 11 nitrogen and oxygen atoms in total. The van der Waals surface area contributed by atoms with E-state index in [0.29, 0.717) is 0 Å². The van der Waals surface area contributed by atoms with Gasteiger partial charge in [0.1, 0.15) is 0 Å². The molecule has 0 spiro atoms. The SMILES string of the molecule is C=CC(=O)O.C=CC(=O)O.C=CC(=O)O.OCC(O)C(CO)(CO)CO. The van der Waals surface area contributed by atoms with Crippen LogP contribution in [0.15, 0.2) is 38.0 Å². The van der Waals surface area contributed by atoms with Crippen molar-refractivity contribution in [2.75, 3.05) is 26.4 Å². The molecular weight excluding hydrogens is 356 g/mol. The number of hydrogen-bond acceptors (Lipinski definition) is 8. The molecule has 0 radical (unpaired) electrons. The third kappa shape index (κ3) is 21.4. The Kier molecular flexibility index (Phi) is 24.6. The molecule has 8 N–H and O–H groups in total. The number of rotatable bonds is 8. The molecule has 0 rings (SSSR count). The van der Waals surface area contributed by atoms with E-state index in [1.165, 1.54) is 0 Å². The minimum atomic E-state index is -1.39. The van der Waals surface area contributed by atoms with Gasteiger partial charge in [-0.2, -0.15) is 0 Å². The lowest BCUT2D eigenvalue weighted by Crippen LogP contribution is -2.46. The second kappa shape index (κ2) is 20.5. The van der Waals surface area contributed by atoms with Crippen LogP contribution >= 0.6 is 0 Å². The minimum absolute atomic E-state index is 0.568. The standard InChI is InChI=1S/C6H14O5.3C3H4O2/c7-1-5(11)6(2-8,3-9)4-10;3*1-2-3(4)5/h5,7-11H,1-4H2;3*2H,1H2,(H,4,5). The lowest BCUT2D eigenvalue weighted by molar-refractivity contribution is -0.132. The van der Waals surface area contributed by atoms with Crippen LogP contribution in [-0.4, -0.2) is 91.3 Å². The molecule has 0 aliphatic carbocycles. The third-order valence-electron chi connectivity index (χ3n) is 2.35. The van der Waals surface area contributed by atoms with Crippen LogP contribution in [0.3, 0.4) is 0 Å². The van der Waals surface area contributed by atoms with Crippen molar-refractivity contribution in [3.8, 4) is 0 Å². The van der Waals surface area contributed by atoms with E-state index in [4.69, 9.17) is 40.9 Å². The number of aliphatic hydroxyl groups is 5. The second-order valence-corrected chi connectivity index (χ2v) is 4.16. The molecule has 0 fully saturated rings. The number of carboxylic acid groups (broad SMARTS) is 3. The molecule has 0 aromatic rings. The van der Waals surface area contributed by atoms with Gasteiger partial charge in [0, 0.05) is 18.2 Å².